The number of hydrogen-bond donors (Lipinski definition) is 0. The van der Waals surface area contributed by atoms with Gasteiger partial charge in [0, 0.05) is 12.6 Å². The molecule has 2 heterocycles. The van der Waals surface area contributed by atoms with Crippen LogP contribution >= 0.6 is 0 Å². The van der Waals surface area contributed by atoms with Gasteiger partial charge in [-0.15, -0.1) is 0 Å². The molecule has 6 heteroatoms. The molecule has 2 aromatic heterocycles. The first-order chi connectivity index (χ1) is 16.9. The van der Waals surface area contributed by atoms with Crippen molar-refractivity contribution < 1.29 is 14.3 Å². The number of aromatic nitrogens is 3. The molecule has 0 radical (unpaired) electrons. The van der Waals surface area contributed by atoms with Crippen LogP contribution < -0.4 is 9.47 Å². The van der Waals surface area contributed by atoms with E-state index < -0.39 is 0 Å². The fourth-order valence-electron chi connectivity index (χ4n) is 4.43. The second-order valence-electron chi connectivity index (χ2n) is 8.61. The highest BCUT2D eigenvalue weighted by molar-refractivity contribution is 6.11. The summed E-state index contributed by atoms with van der Waals surface area (Å²) in [5, 5.41) is 0. The second-order valence-corrected chi connectivity index (χ2v) is 8.61. The number of benzene rings is 3. The van der Waals surface area contributed by atoms with Crippen molar-refractivity contribution in [3.63, 3.8) is 0 Å². The zero-order valence-corrected chi connectivity index (χ0v) is 20.5. The number of methoxy groups -OCH3 is 2. The van der Waals surface area contributed by atoms with Gasteiger partial charge in [-0.2, -0.15) is 0 Å². The Bertz CT molecular complexity index is 1610. The van der Waals surface area contributed by atoms with Crippen molar-refractivity contribution in [2.45, 2.75) is 13.8 Å². The van der Waals surface area contributed by atoms with Gasteiger partial charge in [0.1, 0.15) is 11.4 Å². The smallest absolute Gasteiger partial charge is 0.215 e. The maximum Gasteiger partial charge on any atom is 0.215 e. The van der Waals surface area contributed by atoms with E-state index in [1.807, 2.05) is 64.5 Å². The first-order valence-electron chi connectivity index (χ1n) is 11.4. The maximum absolute atomic E-state index is 13.8. The molecule has 3 aromatic carbocycles. The molecule has 0 aliphatic carbocycles. The molecule has 0 N–H and O–H groups in total. The number of nitrogens with zero attached hydrogens (tertiary/aromatic N) is 3. The summed E-state index contributed by atoms with van der Waals surface area (Å²) in [7, 11) is 5.18. The number of aryl methyl sites for hydroxylation is 3. The number of carbonyl (C=O) groups is 1. The molecule has 5 aromatic rings. The van der Waals surface area contributed by atoms with Crippen LogP contribution in [0.2, 0.25) is 0 Å². The fourth-order valence-corrected chi connectivity index (χ4v) is 4.43. The third-order valence-corrected chi connectivity index (χ3v) is 6.47. The van der Waals surface area contributed by atoms with Crippen molar-refractivity contribution >= 4 is 28.7 Å². The predicted octanol–water partition coefficient (Wildman–Crippen LogP) is 6.02. The van der Waals surface area contributed by atoms with E-state index in [-0.39, 0.29) is 5.78 Å². The largest absolute Gasteiger partial charge is 0.493 e. The Hall–Kier alpha value is -4.32. The van der Waals surface area contributed by atoms with Crippen molar-refractivity contribution in [2.75, 3.05) is 14.2 Å². The molecule has 0 saturated heterocycles. The van der Waals surface area contributed by atoms with E-state index in [9.17, 15) is 4.79 Å². The van der Waals surface area contributed by atoms with E-state index in [4.69, 9.17) is 14.5 Å². The van der Waals surface area contributed by atoms with Crippen molar-refractivity contribution in [2.24, 2.45) is 7.05 Å². The van der Waals surface area contributed by atoms with Crippen LogP contribution in [-0.2, 0) is 7.05 Å². The topological polar surface area (TPSA) is 57.8 Å². The zero-order chi connectivity index (χ0) is 24.7. The summed E-state index contributed by atoms with van der Waals surface area (Å²) in [6.45, 7) is 4.18. The summed E-state index contributed by atoms with van der Waals surface area (Å²) >= 11 is 0. The summed E-state index contributed by atoms with van der Waals surface area (Å²) < 4.78 is 14.7. The highest BCUT2D eigenvalue weighted by Gasteiger charge is 2.24. The van der Waals surface area contributed by atoms with E-state index in [1.54, 1.807) is 26.4 Å². The van der Waals surface area contributed by atoms with Crippen molar-refractivity contribution in [3.8, 4) is 22.8 Å². The molecule has 0 aliphatic heterocycles. The van der Waals surface area contributed by atoms with Crippen LogP contribution in [0.3, 0.4) is 0 Å². The molecule has 176 valence electrons. The summed E-state index contributed by atoms with van der Waals surface area (Å²) in [4.78, 5) is 18.7. The molecule has 0 bridgehead atoms. The van der Waals surface area contributed by atoms with Crippen LogP contribution in [0.1, 0.15) is 27.2 Å². The van der Waals surface area contributed by atoms with E-state index >= 15 is 0 Å². The first-order valence-corrected chi connectivity index (χ1v) is 11.4. The normalized spacial score (nSPS) is 11.6. The van der Waals surface area contributed by atoms with Crippen LogP contribution in [0.4, 0.5) is 0 Å². The molecule has 0 unspecified atom stereocenters. The number of fused-ring (bicyclic) bond motifs is 3. The highest BCUT2D eigenvalue weighted by atomic mass is 16.5. The number of imidazole rings is 2. The van der Waals surface area contributed by atoms with Gasteiger partial charge in [-0.05, 0) is 60.9 Å². The lowest BCUT2D eigenvalue weighted by molar-refractivity contribution is 0.104. The van der Waals surface area contributed by atoms with E-state index in [1.165, 1.54) is 11.1 Å². The number of carbonyl (C=O) groups excluding carboxylic acids is 1. The summed E-state index contributed by atoms with van der Waals surface area (Å²) in [5.41, 5.74) is 7.30. The molecule has 0 aliphatic rings. The molecular weight excluding hydrogens is 438 g/mol. The van der Waals surface area contributed by atoms with Crippen LogP contribution in [0.25, 0.3) is 34.1 Å². The Morgan fingerprint density at radius 1 is 0.886 bits per heavy atom. The minimum Gasteiger partial charge on any atom is -0.493 e. The quantitative estimate of drug-likeness (QED) is 0.227. The lowest BCUT2D eigenvalue weighted by Crippen LogP contribution is -2.02. The summed E-state index contributed by atoms with van der Waals surface area (Å²) in [5.74, 6) is 1.85. The van der Waals surface area contributed by atoms with Crippen molar-refractivity contribution in [3.05, 3.63) is 89.1 Å². The number of allylic oxidation sites excluding steroid dienone is 1. The fraction of sp³-hybridized carbons (Fsp3) is 0.172. The Morgan fingerprint density at radius 3 is 2.26 bits per heavy atom. The third kappa shape index (κ3) is 3.77. The number of hydrogen-bond acceptors (Lipinski definition) is 4. The van der Waals surface area contributed by atoms with Crippen LogP contribution in [0, 0.1) is 13.8 Å². The van der Waals surface area contributed by atoms with Crippen LogP contribution in [-0.4, -0.2) is 34.0 Å². The van der Waals surface area contributed by atoms with Gasteiger partial charge in [-0.1, -0.05) is 42.5 Å². The Kier molecular flexibility index (Phi) is 5.65. The van der Waals surface area contributed by atoms with Gasteiger partial charge >= 0.3 is 0 Å². The first kappa shape index (κ1) is 22.5. The van der Waals surface area contributed by atoms with Crippen molar-refractivity contribution in [1.29, 1.82) is 0 Å². The molecule has 0 saturated carbocycles. The number of ketones is 1. The number of rotatable bonds is 6. The third-order valence-electron chi connectivity index (χ3n) is 6.47. The molecule has 5 rings (SSSR count). The molecule has 35 heavy (non-hydrogen) atoms. The minimum absolute atomic E-state index is 0.128. The Balaban J connectivity index is 1.70. The van der Waals surface area contributed by atoms with Gasteiger partial charge in [0.25, 0.3) is 0 Å². The van der Waals surface area contributed by atoms with Gasteiger partial charge in [-0.25, -0.2) is 4.98 Å². The van der Waals surface area contributed by atoms with Gasteiger partial charge in [0.2, 0.25) is 11.6 Å². The molecule has 0 amide bonds. The molecule has 0 atom stereocenters. The predicted molar refractivity (Wildman–Crippen MR) is 139 cm³/mol. The minimum atomic E-state index is -0.128. The lowest BCUT2D eigenvalue weighted by atomic mass is 10.1. The van der Waals surface area contributed by atoms with Gasteiger partial charge in [-0.3, -0.25) is 9.20 Å². The van der Waals surface area contributed by atoms with Crippen molar-refractivity contribution in [1.82, 2.24) is 14.0 Å². The monoisotopic (exact) mass is 465 g/mol. The lowest BCUT2D eigenvalue weighted by Gasteiger charge is -2.07. The second kappa shape index (κ2) is 8.80. The SMILES string of the molecule is COc1ccc(/C=C/C(=O)c2c(-c3ccccc3)nc3n(C)c4cc(C)c(C)cc4n23)cc1OC. The van der Waals surface area contributed by atoms with Gasteiger partial charge < -0.3 is 14.0 Å². The standard InChI is InChI=1S/C29H27N3O3/c1-18-15-22-23(16-19(18)2)32-28(27(30-29(32)31(22)3)21-9-7-6-8-10-21)24(33)13-11-20-12-14-25(34-4)26(17-20)35-5/h6-17H,1-5H3/b13-11+. The molecule has 6 nitrogen and oxygen atoms in total. The van der Waals surface area contributed by atoms with Crippen LogP contribution in [0.5, 0.6) is 11.5 Å². The molecular formula is C29H27N3O3. The van der Waals surface area contributed by atoms with E-state index in [0.717, 1.165) is 27.9 Å². The summed E-state index contributed by atoms with van der Waals surface area (Å²) in [6, 6.07) is 19.7. The molecule has 0 fully saturated rings. The maximum atomic E-state index is 13.8. The van der Waals surface area contributed by atoms with E-state index in [0.29, 0.717) is 22.9 Å². The van der Waals surface area contributed by atoms with Crippen LogP contribution in [0.15, 0.2) is 66.7 Å². The summed E-state index contributed by atoms with van der Waals surface area (Å²) in [6.07, 6.45) is 3.38. The molecule has 0 spiro atoms. The Morgan fingerprint density at radius 2 is 1.57 bits per heavy atom. The van der Waals surface area contributed by atoms with Gasteiger partial charge in [0.05, 0.1) is 25.3 Å². The Labute approximate surface area is 204 Å². The van der Waals surface area contributed by atoms with E-state index in [2.05, 4.69) is 26.0 Å². The average molecular weight is 466 g/mol. The van der Waals surface area contributed by atoms with Gasteiger partial charge in [0.15, 0.2) is 11.5 Å². The highest BCUT2D eigenvalue weighted by Crippen LogP contribution is 2.32. The zero-order valence-electron chi connectivity index (χ0n) is 20.5. The average Bonchev–Trinajstić information content (AvgIpc) is 3.39. The number of ether oxygens (including phenoxy) is 2.